The molecular formula is C65H92F6N10O31P4S13Si2. The predicted octanol–water partition coefficient (Wildman–Crippen LogP) is 8.83. The zero-order valence-corrected chi connectivity index (χ0v) is 85.6. The molecule has 41 nitrogen and oxygen atoms in total. The number of fused-ring (bicyclic) bond motifs is 4. The van der Waals surface area contributed by atoms with Gasteiger partial charge in [-0.25, -0.2) is 42.8 Å². The molecule has 0 saturated carbocycles. The van der Waals surface area contributed by atoms with E-state index >= 15 is 0 Å². The van der Waals surface area contributed by atoms with Gasteiger partial charge in [-0.2, -0.15) is 35.0 Å². The number of aliphatic hydroxyl groups excluding tert-OH is 4. The van der Waals surface area contributed by atoms with E-state index in [1.807, 2.05) is 40.8 Å². The number of hydrogen-bond donors (Lipinski definition) is 12. The Morgan fingerprint density at radius 3 is 1.44 bits per heavy atom. The van der Waals surface area contributed by atoms with Crippen LogP contribution in [0.25, 0.3) is 33.1 Å². The number of anilines is 1. The van der Waals surface area contributed by atoms with Crippen molar-refractivity contribution < 1.29 is 157 Å². The first-order valence-electron chi connectivity index (χ1n) is 37.2. The smallest absolute Gasteiger partial charge is 0.464 e. The molecule has 0 radical (unpaired) electrons. The number of ether oxygens (including phenoxy) is 6. The number of hydrogen-bond acceptors (Lipinski definition) is 36. The van der Waals surface area contributed by atoms with Crippen LogP contribution < -0.4 is 43.5 Å². The highest BCUT2D eigenvalue weighted by molar-refractivity contribution is 8.75. The summed E-state index contributed by atoms with van der Waals surface area (Å²) in [7, 11) is -8.67. The van der Waals surface area contributed by atoms with E-state index in [1.165, 1.54) is 30.2 Å². The lowest BCUT2D eigenvalue weighted by molar-refractivity contribution is -0.137. The fourth-order valence-electron chi connectivity index (χ4n) is 12.4. The van der Waals surface area contributed by atoms with E-state index < -0.39 is 230 Å². The van der Waals surface area contributed by atoms with Crippen LogP contribution in [0.1, 0.15) is 98.3 Å². The Bertz CT molecular complexity index is 6210. The van der Waals surface area contributed by atoms with E-state index in [0.717, 1.165) is 47.6 Å². The number of nitrogens with zero attached hydrogens (tertiary/aromatic N) is 6. The van der Waals surface area contributed by atoms with Crippen LogP contribution in [0.3, 0.4) is 0 Å². The van der Waals surface area contributed by atoms with E-state index in [1.54, 1.807) is 97.7 Å². The molecule has 7 aromatic rings. The second kappa shape index (κ2) is 46.2. The Hall–Kier alpha value is -3.60. The van der Waals surface area contributed by atoms with Crippen LogP contribution in [0.5, 0.6) is 11.5 Å². The summed E-state index contributed by atoms with van der Waals surface area (Å²) in [5.74, 6) is -0.827. The summed E-state index contributed by atoms with van der Waals surface area (Å²) in [6.45, 7) is 20.6. The molecule has 5 aliphatic rings. The first kappa shape index (κ1) is 113. The maximum Gasteiger partial charge on any atom is 0.481 e. The number of benzene rings is 2. The molecule has 0 amide bonds. The minimum atomic E-state index is -5.51. The van der Waals surface area contributed by atoms with Crippen LogP contribution in [0.2, 0.25) is 36.3 Å². The molecule has 5 aromatic heterocycles. The summed E-state index contributed by atoms with van der Waals surface area (Å²) < 4.78 is 222. The lowest BCUT2D eigenvalue weighted by atomic mass is 10.0. The van der Waals surface area contributed by atoms with Gasteiger partial charge in [0.2, 0.25) is 12.6 Å². The molecule has 10 heterocycles. The fraction of sp³-hybridized carbons (Fsp3) is 0.585. The molecule has 2 aromatic carbocycles. The Morgan fingerprint density at radius 2 is 0.962 bits per heavy atom. The number of halogens is 6. The van der Waals surface area contributed by atoms with Crippen LogP contribution in [-0.4, -0.2) is 192 Å². The highest BCUT2D eigenvalue weighted by atomic mass is 33.5. The minimum absolute atomic E-state index is 0. The van der Waals surface area contributed by atoms with Crippen LogP contribution in [0.4, 0.5) is 32.2 Å². The second-order valence-corrected chi connectivity index (χ2v) is 66.4. The molecule has 4 fully saturated rings. The molecule has 4 saturated heterocycles. The van der Waals surface area contributed by atoms with Gasteiger partial charge in [0.25, 0.3) is 5.56 Å². The minimum Gasteiger partial charge on any atom is -0.464 e. The van der Waals surface area contributed by atoms with Gasteiger partial charge in [0.15, 0.2) is 40.3 Å². The SMILES string of the molecule is C.C[C@@H]1C(COP(=O)(O)OP(=O)(O)OCC2OC(Oc3ccc4c(C(F)(F)F)cc(=O)oc4c3)[C@H](C)[C@@H]2O[Si](C)(C)C(C)(C)C)O[C@@H](n2cnc3c2NC=NC3N)[C@@H]1O[Si](C)(C)C(C)(C)C.N.O=c1cc(C(F)(F)F)c2ccc(OC3OC(COP(=O)(O)OP(=O)(O)OCC4O[C@@H](n5cnc6c(=O)[nH]cnc65)[C@H](O)[C@@H]4O)[C@@H](O)[C@H]3O)cc2o1.S=S=S=S=S=S=S=S=S=S=S=S=S. The average Bonchev–Trinajstić information content (AvgIpc) is 1.61. The standard InChI is InChI=1S/C39H60F3N5O14P2Si2.C25H25F3N4O17P2.CH4.H3N.S13/c1-21-27(57-35(32(21)60-65(11,12)38(6,7)8)47-20-46-30-33(43)44-19-45-34(30)47)17-53-62(49,50)61-63(51,52)54-18-28-31(59-64(9,10)37(3,4)5)22(2)36(58-28)55-23-13-14-24-25(39(40,41)42)16-29(48)56-26(24)15-23;26-25(27,28)11-4-15(33)46-12-3-9(1-2-10(11)12)45-24-20(37)18(35)14(48-24)6-44-51(41,42)49-50(39,40)43-5-13-17(34)19(36)23(47-13)32-8-31-16-21(32)29-7-30-22(16)38;;;1-3-5-7-9-11-13-12-10-8-6-4-2/h13-16,19-22,27-28,31-33,35-36H,17-18,43H2,1-12H3,(H,44,45)(H,49,50)(H,51,52);1-4,7-8,13-14,17-20,23-24,34-37H,5-6H2,(H,39,40)(H,41,42)(H,29,30,38);1H4;1H3;/t21-,22-,27?,28?,31+,32-,33?,35-,36?;13?,14?,17-,18-,19-,20-,23-,24?;;;/m11.../s1. The van der Waals surface area contributed by atoms with Crippen LogP contribution in [-0.2, 0) is 205 Å². The quantitative estimate of drug-likeness (QED) is 0.0104. The van der Waals surface area contributed by atoms with E-state index in [0.29, 0.717) is 17.6 Å². The number of imidazole rings is 2. The van der Waals surface area contributed by atoms with Crippen molar-refractivity contribution in [1.29, 1.82) is 0 Å². The lowest BCUT2D eigenvalue weighted by Gasteiger charge is -2.40. The van der Waals surface area contributed by atoms with Gasteiger partial charge in [0.1, 0.15) is 83.1 Å². The number of aliphatic imine (C=N–C) groups is 1. The van der Waals surface area contributed by atoms with Crippen molar-refractivity contribution in [2.45, 2.75) is 204 Å². The van der Waals surface area contributed by atoms with Crippen LogP contribution in [0, 0.1) is 11.8 Å². The van der Waals surface area contributed by atoms with Gasteiger partial charge in [-0.05, 0) is 60.5 Å². The van der Waals surface area contributed by atoms with Gasteiger partial charge < -0.3 is 108 Å². The predicted molar refractivity (Wildman–Crippen MR) is 500 cm³/mol. The van der Waals surface area contributed by atoms with E-state index in [-0.39, 0.29) is 63.4 Å². The number of phosphoric acid groups is 4. The molecule has 11 unspecified atom stereocenters. The number of alkyl halides is 6. The Kier molecular flexibility index (Phi) is 39.8. The number of nitrogens with two attached hydrogens (primary N) is 1. The first-order valence-corrected chi connectivity index (χ1v) is 65.0. The topological polar surface area (TPSA) is 587 Å². The van der Waals surface area contributed by atoms with Gasteiger partial charge in [0.05, 0.1) is 81.2 Å². The number of rotatable bonds is 26. The zero-order valence-electron chi connectivity index (χ0n) is 69.4. The van der Waals surface area contributed by atoms with E-state index in [4.69, 9.17) is 87.6 Å². The van der Waals surface area contributed by atoms with Gasteiger partial charge in [-0.3, -0.25) is 37.0 Å². The maximum absolute atomic E-state index is 13.7. The lowest BCUT2D eigenvalue weighted by Crippen LogP contribution is -2.48. The maximum atomic E-state index is 13.7. The third kappa shape index (κ3) is 29.3. The molecule has 0 spiro atoms. The number of H-pyrrole nitrogens is 1. The number of nitrogens with one attached hydrogen (secondary N) is 2. The molecular weight excluding hydrogens is 2130 g/mol. The molecule has 66 heteroatoms. The summed E-state index contributed by atoms with van der Waals surface area (Å²) in [6, 6.07) is 6.94. The summed E-state index contributed by atoms with van der Waals surface area (Å²) in [4.78, 5) is 95.9. The largest absolute Gasteiger partial charge is 0.481 e. The van der Waals surface area contributed by atoms with E-state index in [9.17, 15) is 99.0 Å². The third-order valence-corrected chi connectivity index (χ3v) is 57.1. The van der Waals surface area contributed by atoms with Gasteiger partial charge in [-0.15, -0.1) is 0 Å². The van der Waals surface area contributed by atoms with Crippen molar-refractivity contribution in [3.63, 3.8) is 0 Å². The number of aliphatic hydroxyl groups is 4. The normalized spacial score (nSPS) is 26.3. The molecule has 12 rings (SSSR count). The van der Waals surface area contributed by atoms with E-state index in [2.05, 4.69) is 77.5 Å². The highest BCUT2D eigenvalue weighted by Gasteiger charge is 2.55. The van der Waals surface area contributed by atoms with Gasteiger partial charge >= 0.3 is 54.9 Å². The van der Waals surface area contributed by atoms with Crippen molar-refractivity contribution >= 4 is 213 Å². The van der Waals surface area contributed by atoms with Crippen molar-refractivity contribution in [1.82, 2.24) is 35.2 Å². The Balaban J connectivity index is 0.000000286. The Morgan fingerprint density at radius 1 is 0.542 bits per heavy atom. The summed E-state index contributed by atoms with van der Waals surface area (Å²) in [5.41, 5.74) is 0.0161. The van der Waals surface area contributed by atoms with Crippen LogP contribution in [0.15, 0.2) is 95.7 Å². The monoisotopic (exact) mass is 2220 g/mol. The molecule has 21 atom stereocenters. The first-order chi connectivity index (χ1) is 59.9. The average molecular weight is 2220 g/mol. The molecule has 15 N–H and O–H groups in total. The van der Waals surface area contributed by atoms with Crippen molar-refractivity contribution in [2.75, 3.05) is 31.7 Å². The molecule has 131 heavy (non-hydrogen) atoms. The molecule has 5 aliphatic heterocycles. The van der Waals surface area contributed by atoms with Crippen molar-refractivity contribution in [3.8, 4) is 11.5 Å². The third-order valence-electron chi connectivity index (χ3n) is 20.7. The summed E-state index contributed by atoms with van der Waals surface area (Å²) in [5, 5.41) is 43.3. The number of phosphoric ester groups is 4. The zero-order chi connectivity index (χ0) is 95.3. The van der Waals surface area contributed by atoms with Gasteiger partial charge in [0, 0.05) is 167 Å². The molecule has 736 valence electrons. The molecule has 0 aliphatic carbocycles. The van der Waals surface area contributed by atoms with Gasteiger partial charge in [-0.1, -0.05) is 62.8 Å². The fourth-order valence-corrected chi connectivity index (χ4v) is 44.0. The van der Waals surface area contributed by atoms with Crippen molar-refractivity contribution in [2.24, 2.45) is 22.6 Å². The Labute approximate surface area is 784 Å². The number of aromatic nitrogens is 6. The summed E-state index contributed by atoms with van der Waals surface area (Å²) >= 11 is 9.40. The molecule has 0 bridgehead atoms. The summed E-state index contributed by atoms with van der Waals surface area (Å²) in [6.07, 6.45) is -24.2. The second-order valence-electron chi connectivity index (χ2n) is 31.4. The number of aromatic amines is 1. The van der Waals surface area contributed by atoms with Crippen LogP contribution >= 0.6 is 31.3 Å². The van der Waals surface area contributed by atoms with Crippen molar-refractivity contribution in [3.05, 3.63) is 116 Å². The highest BCUT2D eigenvalue weighted by Crippen LogP contribution is 2.63.